The molecule has 0 radical (unpaired) electrons. The highest BCUT2D eigenvalue weighted by atomic mass is 79.9. The normalized spacial score (nSPS) is 18.6. The van der Waals surface area contributed by atoms with E-state index in [0.29, 0.717) is 13.0 Å². The lowest BCUT2D eigenvalue weighted by atomic mass is 10.1. The van der Waals surface area contributed by atoms with Crippen LogP contribution in [0.5, 0.6) is 0 Å². The molecule has 0 aromatic heterocycles. The summed E-state index contributed by atoms with van der Waals surface area (Å²) in [5.41, 5.74) is -0.117. The minimum Gasteiger partial charge on any atom is -0.481 e. The van der Waals surface area contributed by atoms with E-state index in [1.165, 1.54) is 4.90 Å². The van der Waals surface area contributed by atoms with Gasteiger partial charge in [-0.2, -0.15) is 0 Å². The van der Waals surface area contributed by atoms with Gasteiger partial charge in [0.2, 0.25) is 0 Å². The number of hydrogen-bond acceptors (Lipinski definition) is 4. The zero-order valence-electron chi connectivity index (χ0n) is 9.68. The van der Waals surface area contributed by atoms with E-state index in [4.69, 9.17) is 5.11 Å². The van der Waals surface area contributed by atoms with Crippen molar-refractivity contribution < 1.29 is 19.2 Å². The Bertz CT molecular complexity index is 552. The molecule has 0 spiro atoms. The molecule has 0 bridgehead atoms. The van der Waals surface area contributed by atoms with Crippen LogP contribution in [0.15, 0.2) is 16.6 Å². The quantitative estimate of drug-likeness (QED) is 0.678. The molecule has 2 rings (SSSR count). The van der Waals surface area contributed by atoms with Gasteiger partial charge in [0.1, 0.15) is 11.5 Å². The third kappa shape index (κ3) is 2.67. The van der Waals surface area contributed by atoms with Crippen molar-refractivity contribution in [3.8, 4) is 0 Å². The average molecular weight is 333 g/mol. The maximum atomic E-state index is 13.5. The van der Waals surface area contributed by atoms with Gasteiger partial charge in [0.15, 0.2) is 0 Å². The van der Waals surface area contributed by atoms with Crippen LogP contribution in [0.3, 0.4) is 0 Å². The van der Waals surface area contributed by atoms with Gasteiger partial charge >= 0.3 is 5.97 Å². The predicted octanol–water partition coefficient (Wildman–Crippen LogP) is 2.41. The SMILES string of the molecule is O=C(O)C1CCN(c2cc(F)c(Br)cc2[N+](=O)[O-])C1. The van der Waals surface area contributed by atoms with Crippen LogP contribution in [0.2, 0.25) is 0 Å². The first kappa shape index (κ1) is 13.7. The Morgan fingerprint density at radius 1 is 1.58 bits per heavy atom. The number of hydrogen-bond donors (Lipinski definition) is 1. The molecule has 1 N–H and O–H groups in total. The summed E-state index contributed by atoms with van der Waals surface area (Å²) in [6.07, 6.45) is 0.393. The monoisotopic (exact) mass is 332 g/mol. The minimum atomic E-state index is -0.942. The number of carboxylic acid groups (broad SMARTS) is 1. The summed E-state index contributed by atoms with van der Waals surface area (Å²) in [5, 5.41) is 19.9. The number of carbonyl (C=O) groups is 1. The highest BCUT2D eigenvalue weighted by molar-refractivity contribution is 9.10. The number of nitro benzene ring substituents is 1. The molecule has 0 saturated carbocycles. The van der Waals surface area contributed by atoms with E-state index in [1.807, 2.05) is 0 Å². The van der Waals surface area contributed by atoms with Crippen LogP contribution < -0.4 is 4.90 Å². The summed E-state index contributed by atoms with van der Waals surface area (Å²) in [6.45, 7) is 0.510. The number of aliphatic carboxylic acids is 1. The van der Waals surface area contributed by atoms with Gasteiger partial charge in [-0.05, 0) is 22.4 Å². The summed E-state index contributed by atoms with van der Waals surface area (Å²) in [7, 11) is 0. The molecule has 1 aromatic rings. The molecule has 1 atom stereocenters. The fraction of sp³-hybridized carbons (Fsp3) is 0.364. The highest BCUT2D eigenvalue weighted by Gasteiger charge is 2.32. The maximum absolute atomic E-state index is 13.5. The molecule has 1 aliphatic heterocycles. The van der Waals surface area contributed by atoms with Crippen LogP contribution in [0.4, 0.5) is 15.8 Å². The second kappa shape index (κ2) is 5.12. The van der Waals surface area contributed by atoms with Crippen molar-refractivity contribution in [2.45, 2.75) is 6.42 Å². The van der Waals surface area contributed by atoms with E-state index in [9.17, 15) is 19.3 Å². The molecule has 6 nitrogen and oxygen atoms in total. The molecule has 1 heterocycles. The largest absolute Gasteiger partial charge is 0.481 e. The van der Waals surface area contributed by atoms with Crippen LogP contribution in [-0.2, 0) is 4.79 Å². The molecule has 8 heteroatoms. The van der Waals surface area contributed by atoms with Gasteiger partial charge in [0.05, 0.1) is 15.3 Å². The lowest BCUT2D eigenvalue weighted by Gasteiger charge is -2.18. The first-order chi connectivity index (χ1) is 8.90. The van der Waals surface area contributed by atoms with E-state index in [2.05, 4.69) is 15.9 Å². The van der Waals surface area contributed by atoms with Gasteiger partial charge in [0.25, 0.3) is 5.69 Å². The summed E-state index contributed by atoms with van der Waals surface area (Å²) in [5.74, 6) is -2.13. The Morgan fingerprint density at radius 2 is 2.26 bits per heavy atom. The van der Waals surface area contributed by atoms with Crippen molar-refractivity contribution in [1.82, 2.24) is 0 Å². The van der Waals surface area contributed by atoms with Crippen molar-refractivity contribution in [2.24, 2.45) is 5.92 Å². The van der Waals surface area contributed by atoms with Crippen molar-refractivity contribution >= 4 is 33.3 Å². The topological polar surface area (TPSA) is 83.7 Å². The molecule has 1 unspecified atom stereocenters. The number of anilines is 1. The van der Waals surface area contributed by atoms with E-state index in [-0.39, 0.29) is 22.4 Å². The van der Waals surface area contributed by atoms with E-state index < -0.39 is 22.6 Å². The summed E-state index contributed by atoms with van der Waals surface area (Å²) in [4.78, 5) is 22.8. The van der Waals surface area contributed by atoms with Crippen LogP contribution in [-0.4, -0.2) is 29.1 Å². The van der Waals surface area contributed by atoms with Crippen molar-refractivity contribution in [3.63, 3.8) is 0 Å². The average Bonchev–Trinajstić information content (AvgIpc) is 2.81. The molecule has 102 valence electrons. The molecule has 1 aliphatic rings. The summed E-state index contributed by atoms with van der Waals surface area (Å²) < 4.78 is 13.5. The Hall–Kier alpha value is -1.70. The first-order valence-electron chi connectivity index (χ1n) is 5.51. The molecule has 1 aromatic carbocycles. The molecule has 0 amide bonds. The van der Waals surface area contributed by atoms with Crippen molar-refractivity contribution in [1.29, 1.82) is 0 Å². The lowest BCUT2D eigenvalue weighted by Crippen LogP contribution is -2.23. The highest BCUT2D eigenvalue weighted by Crippen LogP contribution is 2.35. The van der Waals surface area contributed by atoms with Gasteiger partial charge in [-0.15, -0.1) is 0 Å². The lowest BCUT2D eigenvalue weighted by molar-refractivity contribution is -0.384. The van der Waals surface area contributed by atoms with E-state index >= 15 is 0 Å². The first-order valence-corrected chi connectivity index (χ1v) is 6.30. The van der Waals surface area contributed by atoms with Gasteiger partial charge in [0, 0.05) is 25.2 Å². The smallest absolute Gasteiger partial charge is 0.308 e. The van der Waals surface area contributed by atoms with Crippen LogP contribution in [0.25, 0.3) is 0 Å². The number of nitro groups is 1. The maximum Gasteiger partial charge on any atom is 0.308 e. The zero-order chi connectivity index (χ0) is 14.2. The number of rotatable bonds is 3. The number of benzene rings is 1. The second-order valence-corrected chi connectivity index (χ2v) is 5.14. The third-order valence-corrected chi connectivity index (χ3v) is 3.70. The van der Waals surface area contributed by atoms with Gasteiger partial charge in [-0.3, -0.25) is 14.9 Å². The van der Waals surface area contributed by atoms with Crippen LogP contribution >= 0.6 is 15.9 Å². The zero-order valence-corrected chi connectivity index (χ0v) is 11.3. The molecule has 19 heavy (non-hydrogen) atoms. The summed E-state index contributed by atoms with van der Waals surface area (Å²) in [6, 6.07) is 2.16. The number of halogens is 2. The van der Waals surface area contributed by atoms with E-state index in [1.54, 1.807) is 0 Å². The Labute approximate surface area is 116 Å². The number of carboxylic acids is 1. The standard InChI is InChI=1S/C11H10BrFN2O4/c12-7-3-10(15(18)19)9(4-8(7)13)14-2-1-6(5-14)11(16)17/h3-4,6H,1-2,5H2,(H,16,17). The van der Waals surface area contributed by atoms with Gasteiger partial charge in [-0.25, -0.2) is 4.39 Å². The summed E-state index contributed by atoms with van der Waals surface area (Å²) >= 11 is 2.90. The second-order valence-electron chi connectivity index (χ2n) is 4.28. The van der Waals surface area contributed by atoms with Crippen LogP contribution in [0.1, 0.15) is 6.42 Å². The van der Waals surface area contributed by atoms with Gasteiger partial charge < -0.3 is 10.0 Å². The predicted molar refractivity (Wildman–Crippen MR) is 68.7 cm³/mol. The molecule has 1 saturated heterocycles. The van der Waals surface area contributed by atoms with Gasteiger partial charge in [-0.1, -0.05) is 0 Å². The third-order valence-electron chi connectivity index (χ3n) is 3.09. The van der Waals surface area contributed by atoms with Crippen molar-refractivity contribution in [2.75, 3.05) is 18.0 Å². The molecule has 1 fully saturated rings. The fourth-order valence-electron chi connectivity index (χ4n) is 2.11. The minimum absolute atomic E-state index is 0.0110. The van der Waals surface area contributed by atoms with Crippen molar-refractivity contribution in [3.05, 3.63) is 32.5 Å². The Kier molecular flexibility index (Phi) is 3.70. The molecular weight excluding hydrogens is 323 g/mol. The van der Waals surface area contributed by atoms with Crippen LogP contribution in [0, 0.1) is 21.8 Å². The Balaban J connectivity index is 2.37. The Morgan fingerprint density at radius 3 is 2.79 bits per heavy atom. The van der Waals surface area contributed by atoms with E-state index in [0.717, 1.165) is 12.1 Å². The fourth-order valence-corrected chi connectivity index (χ4v) is 2.44. The molecule has 0 aliphatic carbocycles. The molecular formula is C11H10BrFN2O4. The number of nitrogens with zero attached hydrogens (tertiary/aromatic N) is 2.